The van der Waals surface area contributed by atoms with Gasteiger partial charge in [0.05, 0.1) is 7.11 Å². The minimum Gasteiger partial charge on any atom is -0.496 e. The number of piperazine rings is 1. The van der Waals surface area contributed by atoms with Gasteiger partial charge in [0.2, 0.25) is 0 Å². The summed E-state index contributed by atoms with van der Waals surface area (Å²) in [5.74, 6) is 0.910. The van der Waals surface area contributed by atoms with E-state index in [9.17, 15) is 4.79 Å². The van der Waals surface area contributed by atoms with Crippen LogP contribution in [0.2, 0.25) is 0 Å². The lowest BCUT2D eigenvalue weighted by atomic mass is 10.1. The first-order chi connectivity index (χ1) is 12.0. The van der Waals surface area contributed by atoms with Gasteiger partial charge in [0.25, 0.3) is 5.91 Å². The van der Waals surface area contributed by atoms with Crippen LogP contribution in [0.1, 0.15) is 36.2 Å². The van der Waals surface area contributed by atoms with Gasteiger partial charge in [-0.15, -0.1) is 0 Å². The van der Waals surface area contributed by atoms with Gasteiger partial charge in [-0.25, -0.2) is 0 Å². The van der Waals surface area contributed by atoms with Crippen molar-refractivity contribution in [3.05, 3.63) is 29.3 Å². The Morgan fingerprint density at radius 2 is 1.88 bits per heavy atom. The van der Waals surface area contributed by atoms with Crippen molar-refractivity contribution in [2.24, 2.45) is 0 Å². The zero-order valence-electron chi connectivity index (χ0n) is 16.0. The Morgan fingerprint density at radius 1 is 1.16 bits per heavy atom. The first-order valence-electron chi connectivity index (χ1n) is 9.41. The molecule has 0 N–H and O–H groups in total. The van der Waals surface area contributed by atoms with E-state index in [1.54, 1.807) is 7.11 Å². The van der Waals surface area contributed by atoms with Gasteiger partial charge in [0.15, 0.2) is 0 Å². The number of benzene rings is 1. The average Bonchev–Trinajstić information content (AvgIpc) is 3.11. The number of rotatable bonds is 4. The van der Waals surface area contributed by atoms with E-state index in [1.807, 2.05) is 30.0 Å². The Balaban J connectivity index is 1.58. The fourth-order valence-corrected chi connectivity index (χ4v) is 3.98. The normalized spacial score (nSPS) is 22.6. The van der Waals surface area contributed by atoms with E-state index >= 15 is 0 Å². The molecule has 0 radical (unpaired) electrons. The molecule has 2 saturated heterocycles. The Morgan fingerprint density at radius 3 is 2.52 bits per heavy atom. The molecule has 25 heavy (non-hydrogen) atoms. The number of amides is 1. The van der Waals surface area contributed by atoms with Crippen LogP contribution >= 0.6 is 0 Å². The zero-order chi connectivity index (χ0) is 18.0. The van der Waals surface area contributed by atoms with Crippen LogP contribution in [0.3, 0.4) is 0 Å². The second kappa shape index (κ2) is 7.75. The van der Waals surface area contributed by atoms with E-state index in [-0.39, 0.29) is 5.91 Å². The average molecular weight is 345 g/mol. The summed E-state index contributed by atoms with van der Waals surface area (Å²) in [5, 5.41) is 0. The summed E-state index contributed by atoms with van der Waals surface area (Å²) in [6.45, 7) is 12.7. The van der Waals surface area contributed by atoms with Crippen molar-refractivity contribution in [1.82, 2.24) is 14.7 Å². The third-order valence-electron chi connectivity index (χ3n) is 5.70. The van der Waals surface area contributed by atoms with Crippen LogP contribution in [0.15, 0.2) is 18.2 Å². The van der Waals surface area contributed by atoms with Gasteiger partial charge in [-0.2, -0.15) is 0 Å². The lowest BCUT2D eigenvalue weighted by Gasteiger charge is -2.39. The summed E-state index contributed by atoms with van der Waals surface area (Å²) in [7, 11) is 1.65. The fourth-order valence-electron chi connectivity index (χ4n) is 3.98. The van der Waals surface area contributed by atoms with Gasteiger partial charge < -0.3 is 9.64 Å². The third kappa shape index (κ3) is 3.98. The standard InChI is InChI=1S/C20H31N3O2/c1-15(2)21-9-11-22(12-10-21)18-7-8-23(14-18)20(24)17-6-5-16(3)19(13-17)25-4/h5-6,13,15,18H,7-12,14H2,1-4H3/t18-/m1/s1. The van der Waals surface area contributed by atoms with Crippen LogP contribution in [0.5, 0.6) is 5.75 Å². The highest BCUT2D eigenvalue weighted by Gasteiger charge is 2.32. The highest BCUT2D eigenvalue weighted by Crippen LogP contribution is 2.23. The summed E-state index contributed by atoms with van der Waals surface area (Å²) in [5.41, 5.74) is 1.79. The van der Waals surface area contributed by atoms with Gasteiger partial charge in [0, 0.05) is 56.9 Å². The Bertz CT molecular complexity index is 609. The number of nitrogens with zero attached hydrogens (tertiary/aromatic N) is 3. The lowest BCUT2D eigenvalue weighted by molar-refractivity contribution is 0.0699. The van der Waals surface area contributed by atoms with Gasteiger partial charge in [0.1, 0.15) is 5.75 Å². The van der Waals surface area contributed by atoms with Crippen molar-refractivity contribution in [2.45, 2.75) is 39.3 Å². The third-order valence-corrected chi connectivity index (χ3v) is 5.70. The number of aryl methyl sites for hydroxylation is 1. The summed E-state index contributed by atoms with van der Waals surface area (Å²) in [6, 6.07) is 6.87. The van der Waals surface area contributed by atoms with Crippen molar-refractivity contribution in [3.8, 4) is 5.75 Å². The van der Waals surface area contributed by atoms with Crippen molar-refractivity contribution in [1.29, 1.82) is 0 Å². The number of ether oxygens (including phenoxy) is 1. The topological polar surface area (TPSA) is 36.0 Å². The van der Waals surface area contributed by atoms with Gasteiger partial charge >= 0.3 is 0 Å². The molecule has 2 heterocycles. The molecule has 5 heteroatoms. The van der Waals surface area contributed by atoms with E-state index in [0.717, 1.165) is 62.6 Å². The molecule has 3 rings (SSSR count). The predicted octanol–water partition coefficient (Wildman–Crippen LogP) is 2.24. The molecular weight excluding hydrogens is 314 g/mol. The molecule has 138 valence electrons. The van der Waals surface area contributed by atoms with Gasteiger partial charge in [-0.3, -0.25) is 14.6 Å². The number of hydrogen-bond donors (Lipinski definition) is 0. The zero-order valence-corrected chi connectivity index (χ0v) is 16.0. The van der Waals surface area contributed by atoms with E-state index in [2.05, 4.69) is 23.6 Å². The summed E-state index contributed by atoms with van der Waals surface area (Å²) in [4.78, 5) is 19.9. The highest BCUT2D eigenvalue weighted by molar-refractivity contribution is 5.95. The number of hydrogen-bond acceptors (Lipinski definition) is 4. The fraction of sp³-hybridized carbons (Fsp3) is 0.650. The van der Waals surface area contributed by atoms with Crippen molar-refractivity contribution < 1.29 is 9.53 Å². The van der Waals surface area contributed by atoms with E-state index in [1.165, 1.54) is 0 Å². The highest BCUT2D eigenvalue weighted by atomic mass is 16.5. The molecule has 1 aromatic rings. The molecule has 2 aliphatic heterocycles. The largest absolute Gasteiger partial charge is 0.496 e. The smallest absolute Gasteiger partial charge is 0.254 e. The molecule has 0 spiro atoms. The van der Waals surface area contributed by atoms with Gasteiger partial charge in [-0.05, 0) is 44.9 Å². The molecule has 2 aliphatic rings. The van der Waals surface area contributed by atoms with Crippen LogP contribution in [0.4, 0.5) is 0 Å². The first-order valence-corrected chi connectivity index (χ1v) is 9.41. The second-order valence-electron chi connectivity index (χ2n) is 7.54. The maximum Gasteiger partial charge on any atom is 0.254 e. The van der Waals surface area contributed by atoms with Crippen molar-refractivity contribution in [3.63, 3.8) is 0 Å². The molecular formula is C20H31N3O2. The summed E-state index contributed by atoms with van der Waals surface area (Å²) in [6.07, 6.45) is 1.08. The predicted molar refractivity (Wildman–Crippen MR) is 100 cm³/mol. The Kier molecular flexibility index (Phi) is 5.64. The van der Waals surface area contributed by atoms with Crippen LogP contribution in [0, 0.1) is 6.92 Å². The quantitative estimate of drug-likeness (QED) is 0.839. The number of carbonyl (C=O) groups excluding carboxylic acids is 1. The molecule has 0 aliphatic carbocycles. The number of carbonyl (C=O) groups is 1. The van der Waals surface area contributed by atoms with E-state index < -0.39 is 0 Å². The van der Waals surface area contributed by atoms with E-state index in [4.69, 9.17) is 4.74 Å². The van der Waals surface area contributed by atoms with Crippen LogP contribution < -0.4 is 4.74 Å². The SMILES string of the molecule is COc1cc(C(=O)N2CC[C@@H](N3CCN(C(C)C)CC3)C2)ccc1C. The van der Waals surface area contributed by atoms with Crippen LogP contribution in [-0.4, -0.2) is 79.1 Å². The summed E-state index contributed by atoms with van der Waals surface area (Å²) >= 11 is 0. The minimum absolute atomic E-state index is 0.126. The van der Waals surface area contributed by atoms with Crippen molar-refractivity contribution >= 4 is 5.91 Å². The monoisotopic (exact) mass is 345 g/mol. The number of likely N-dealkylation sites (tertiary alicyclic amines) is 1. The Labute approximate surface area is 151 Å². The second-order valence-corrected chi connectivity index (χ2v) is 7.54. The van der Waals surface area contributed by atoms with Crippen LogP contribution in [-0.2, 0) is 0 Å². The molecule has 1 aromatic carbocycles. The molecule has 0 unspecified atom stereocenters. The van der Waals surface area contributed by atoms with E-state index in [0.29, 0.717) is 12.1 Å². The van der Waals surface area contributed by atoms with Crippen LogP contribution in [0.25, 0.3) is 0 Å². The molecule has 0 aromatic heterocycles. The summed E-state index contributed by atoms with van der Waals surface area (Å²) < 4.78 is 5.36. The maximum atomic E-state index is 12.8. The first kappa shape index (κ1) is 18.2. The molecule has 0 saturated carbocycles. The number of methoxy groups -OCH3 is 1. The lowest BCUT2D eigenvalue weighted by Crippen LogP contribution is -2.52. The molecule has 5 nitrogen and oxygen atoms in total. The minimum atomic E-state index is 0.126. The van der Waals surface area contributed by atoms with Gasteiger partial charge in [-0.1, -0.05) is 6.07 Å². The maximum absolute atomic E-state index is 12.8. The molecule has 1 atom stereocenters. The molecule has 0 bridgehead atoms. The van der Waals surface area contributed by atoms with Crippen molar-refractivity contribution in [2.75, 3.05) is 46.4 Å². The molecule has 1 amide bonds. The Hall–Kier alpha value is -1.59. The molecule has 2 fully saturated rings.